The van der Waals surface area contributed by atoms with Crippen LogP contribution in [0.15, 0.2) is 12.3 Å². The first kappa shape index (κ1) is 18.4. The number of piperazine rings is 1. The Morgan fingerprint density at radius 3 is 2.84 bits per heavy atom. The molecular formula is C18H31N5O2. The highest BCUT2D eigenvalue weighted by atomic mass is 16.5. The predicted octanol–water partition coefficient (Wildman–Crippen LogP) is 0.990. The summed E-state index contributed by atoms with van der Waals surface area (Å²) in [7, 11) is 0. The summed E-state index contributed by atoms with van der Waals surface area (Å²) in [4.78, 5) is 17.0. The molecular weight excluding hydrogens is 318 g/mol. The molecule has 2 aliphatic rings. The van der Waals surface area contributed by atoms with Crippen molar-refractivity contribution in [1.82, 2.24) is 24.9 Å². The van der Waals surface area contributed by atoms with Gasteiger partial charge in [-0.25, -0.2) is 0 Å². The van der Waals surface area contributed by atoms with E-state index < -0.39 is 0 Å². The molecule has 7 nitrogen and oxygen atoms in total. The van der Waals surface area contributed by atoms with E-state index in [1.807, 2.05) is 21.8 Å². The molecule has 0 radical (unpaired) electrons. The maximum atomic E-state index is 12.7. The lowest BCUT2D eigenvalue weighted by Gasteiger charge is -2.34. The first-order valence-electron chi connectivity index (χ1n) is 9.52. The fraction of sp³-hybridized carbons (Fsp3) is 0.778. The van der Waals surface area contributed by atoms with Crippen LogP contribution < -0.4 is 5.32 Å². The molecule has 2 aliphatic heterocycles. The van der Waals surface area contributed by atoms with E-state index in [1.165, 1.54) is 0 Å². The molecule has 1 unspecified atom stereocenters. The van der Waals surface area contributed by atoms with Crippen molar-refractivity contribution >= 4 is 5.91 Å². The fourth-order valence-electron chi connectivity index (χ4n) is 3.47. The number of hydrogen-bond donors (Lipinski definition) is 1. The molecule has 1 amide bonds. The van der Waals surface area contributed by atoms with Crippen molar-refractivity contribution in [2.45, 2.75) is 38.8 Å². The topological polar surface area (TPSA) is 62.6 Å². The van der Waals surface area contributed by atoms with E-state index in [4.69, 9.17) is 4.74 Å². The van der Waals surface area contributed by atoms with Gasteiger partial charge < -0.3 is 15.0 Å². The normalized spacial score (nSPS) is 22.5. The number of hydrogen-bond acceptors (Lipinski definition) is 5. The Balaban J connectivity index is 1.47. The molecule has 140 valence electrons. The van der Waals surface area contributed by atoms with Crippen LogP contribution in [-0.2, 0) is 4.74 Å². The van der Waals surface area contributed by atoms with Crippen molar-refractivity contribution in [1.29, 1.82) is 0 Å². The van der Waals surface area contributed by atoms with Gasteiger partial charge in [-0.1, -0.05) is 0 Å². The highest BCUT2D eigenvalue weighted by Crippen LogP contribution is 2.16. The fourth-order valence-corrected chi connectivity index (χ4v) is 3.47. The number of nitrogens with zero attached hydrogens (tertiary/aromatic N) is 4. The molecule has 0 aromatic carbocycles. The molecule has 1 aromatic rings. The first-order valence-corrected chi connectivity index (χ1v) is 9.52. The van der Waals surface area contributed by atoms with Crippen molar-refractivity contribution in [2.24, 2.45) is 0 Å². The van der Waals surface area contributed by atoms with Gasteiger partial charge in [0, 0.05) is 45.5 Å². The van der Waals surface area contributed by atoms with Crippen LogP contribution >= 0.6 is 0 Å². The van der Waals surface area contributed by atoms with Gasteiger partial charge in [-0.3, -0.25) is 14.4 Å². The van der Waals surface area contributed by atoms with Crippen LogP contribution in [0.1, 0.15) is 43.2 Å². The highest BCUT2D eigenvalue weighted by molar-refractivity contribution is 5.92. The van der Waals surface area contributed by atoms with Crippen LogP contribution in [0.2, 0.25) is 0 Å². The largest absolute Gasteiger partial charge is 0.377 e. The summed E-state index contributed by atoms with van der Waals surface area (Å²) in [5.74, 6) is 0.0561. The van der Waals surface area contributed by atoms with Gasteiger partial charge in [-0.05, 0) is 39.3 Å². The quantitative estimate of drug-likeness (QED) is 0.830. The number of rotatable bonds is 6. The molecule has 0 aliphatic carbocycles. The average Bonchev–Trinajstić information content (AvgIpc) is 3.12. The zero-order chi connectivity index (χ0) is 17.6. The third kappa shape index (κ3) is 5.03. The minimum atomic E-state index is 0.0561. The third-order valence-corrected chi connectivity index (χ3v) is 4.99. The molecule has 2 saturated heterocycles. The zero-order valence-corrected chi connectivity index (χ0v) is 15.5. The van der Waals surface area contributed by atoms with Gasteiger partial charge in [0.1, 0.15) is 5.69 Å². The van der Waals surface area contributed by atoms with Crippen LogP contribution in [0.3, 0.4) is 0 Å². The van der Waals surface area contributed by atoms with Crippen LogP contribution in [0.25, 0.3) is 0 Å². The monoisotopic (exact) mass is 349 g/mol. The number of amides is 1. The lowest BCUT2D eigenvalue weighted by atomic mass is 10.1. The van der Waals surface area contributed by atoms with Gasteiger partial charge in [-0.2, -0.15) is 5.10 Å². The van der Waals surface area contributed by atoms with Crippen molar-refractivity contribution in [3.8, 4) is 0 Å². The van der Waals surface area contributed by atoms with Gasteiger partial charge >= 0.3 is 0 Å². The smallest absolute Gasteiger partial charge is 0.274 e. The molecule has 1 N–H and O–H groups in total. The standard InChI is InChI=1S/C18H31N5O2/c1-15(2)25-13-12-21-8-10-22(11-9-21)18(24)17-5-7-23(20-17)16-4-3-6-19-14-16/h5,7,15-16,19H,3-4,6,8-14H2,1-2H3. The van der Waals surface area contributed by atoms with Crippen LogP contribution in [0.4, 0.5) is 0 Å². The predicted molar refractivity (Wildman–Crippen MR) is 96.8 cm³/mol. The molecule has 2 fully saturated rings. The molecule has 0 saturated carbocycles. The second-order valence-electron chi connectivity index (χ2n) is 7.23. The molecule has 7 heteroatoms. The Morgan fingerprint density at radius 1 is 1.36 bits per heavy atom. The van der Waals surface area contributed by atoms with Crippen LogP contribution in [0.5, 0.6) is 0 Å². The summed E-state index contributed by atoms with van der Waals surface area (Å²) >= 11 is 0. The number of nitrogens with one attached hydrogen (secondary N) is 1. The van der Waals surface area contributed by atoms with Gasteiger partial charge in [0.15, 0.2) is 0 Å². The number of carbonyl (C=O) groups excluding carboxylic acids is 1. The van der Waals surface area contributed by atoms with Gasteiger partial charge in [0.25, 0.3) is 5.91 Å². The average molecular weight is 349 g/mol. The summed E-state index contributed by atoms with van der Waals surface area (Å²) in [6.07, 6.45) is 4.51. The number of ether oxygens (including phenoxy) is 1. The van der Waals surface area contributed by atoms with E-state index in [1.54, 1.807) is 0 Å². The molecule has 1 aromatic heterocycles. The van der Waals surface area contributed by atoms with Gasteiger partial charge in [-0.15, -0.1) is 0 Å². The van der Waals surface area contributed by atoms with Crippen LogP contribution in [0, 0.1) is 0 Å². The Morgan fingerprint density at radius 2 is 2.16 bits per heavy atom. The Labute approximate surface area is 150 Å². The maximum absolute atomic E-state index is 12.7. The van der Waals surface area contributed by atoms with Crippen molar-refractivity contribution in [3.05, 3.63) is 18.0 Å². The van der Waals surface area contributed by atoms with E-state index in [0.717, 1.165) is 65.3 Å². The Hall–Kier alpha value is -1.44. The number of piperidine rings is 1. The van der Waals surface area contributed by atoms with E-state index in [9.17, 15) is 4.79 Å². The minimum absolute atomic E-state index is 0.0561. The van der Waals surface area contributed by atoms with E-state index in [-0.39, 0.29) is 12.0 Å². The third-order valence-electron chi connectivity index (χ3n) is 4.99. The number of carbonyl (C=O) groups is 1. The Kier molecular flexibility index (Phi) is 6.45. The summed E-state index contributed by atoms with van der Waals surface area (Å²) in [5.41, 5.74) is 0.571. The molecule has 25 heavy (non-hydrogen) atoms. The van der Waals surface area contributed by atoms with E-state index in [0.29, 0.717) is 11.7 Å². The zero-order valence-electron chi connectivity index (χ0n) is 15.5. The second kappa shape index (κ2) is 8.78. The van der Waals surface area contributed by atoms with E-state index >= 15 is 0 Å². The van der Waals surface area contributed by atoms with Gasteiger partial charge in [0.05, 0.1) is 18.8 Å². The lowest BCUT2D eigenvalue weighted by Crippen LogP contribution is -2.49. The lowest BCUT2D eigenvalue weighted by molar-refractivity contribution is 0.0404. The molecule has 0 bridgehead atoms. The first-order chi connectivity index (χ1) is 12.1. The summed E-state index contributed by atoms with van der Waals surface area (Å²) in [5, 5.41) is 7.94. The molecule has 1 atom stereocenters. The van der Waals surface area contributed by atoms with E-state index in [2.05, 4.69) is 29.2 Å². The van der Waals surface area contributed by atoms with Gasteiger partial charge in [0.2, 0.25) is 0 Å². The number of aromatic nitrogens is 2. The summed E-state index contributed by atoms with van der Waals surface area (Å²) in [6, 6.07) is 2.23. The summed E-state index contributed by atoms with van der Waals surface area (Å²) in [6.45, 7) is 11.1. The molecule has 3 heterocycles. The highest BCUT2D eigenvalue weighted by Gasteiger charge is 2.24. The Bertz CT molecular complexity index is 545. The molecule has 3 rings (SSSR count). The SMILES string of the molecule is CC(C)OCCN1CCN(C(=O)c2ccn(C3CCCNC3)n2)CC1. The van der Waals surface area contributed by atoms with Crippen LogP contribution in [-0.4, -0.2) is 84.0 Å². The van der Waals surface area contributed by atoms with Crippen molar-refractivity contribution in [3.63, 3.8) is 0 Å². The van der Waals surface area contributed by atoms with Crippen molar-refractivity contribution < 1.29 is 9.53 Å². The summed E-state index contributed by atoms with van der Waals surface area (Å²) < 4.78 is 7.57. The second-order valence-corrected chi connectivity index (χ2v) is 7.23. The van der Waals surface area contributed by atoms with Crippen molar-refractivity contribution in [2.75, 3.05) is 52.4 Å². The molecule has 0 spiro atoms. The minimum Gasteiger partial charge on any atom is -0.377 e. The maximum Gasteiger partial charge on any atom is 0.274 e.